The van der Waals surface area contributed by atoms with Gasteiger partial charge in [-0.1, -0.05) is 0 Å². The second-order valence-corrected chi connectivity index (χ2v) is 2.34. The molecule has 1 aromatic rings. The number of rotatable bonds is 2. The molecular formula is C6H8N4O3. The predicted octanol–water partition coefficient (Wildman–Crippen LogP) is -1.78. The maximum atomic E-state index is 11.0. The molecule has 7 nitrogen and oxygen atoms in total. The molecule has 0 aliphatic heterocycles. The number of nitrogens with zero attached hydrogens (tertiary/aromatic N) is 1. The molecule has 0 spiro atoms. The van der Waals surface area contributed by atoms with Crippen LogP contribution < -0.4 is 22.3 Å². The standard InChI is InChI=1S/C6H8N4O3/c1-10-4(7)3(8-2-11)5(12)9-6(10)13/h2H,7H2,1H3,(H,8,11)(H,9,12,13). The molecule has 1 heterocycles. The lowest BCUT2D eigenvalue weighted by molar-refractivity contribution is -0.105. The van der Waals surface area contributed by atoms with Gasteiger partial charge in [-0.05, 0) is 0 Å². The molecule has 0 saturated heterocycles. The molecule has 7 heteroatoms. The monoisotopic (exact) mass is 184 g/mol. The van der Waals surface area contributed by atoms with Gasteiger partial charge in [0.1, 0.15) is 11.5 Å². The van der Waals surface area contributed by atoms with E-state index in [1.807, 2.05) is 4.98 Å². The van der Waals surface area contributed by atoms with Gasteiger partial charge in [0.15, 0.2) is 0 Å². The number of anilines is 2. The zero-order valence-electron chi connectivity index (χ0n) is 6.83. The van der Waals surface area contributed by atoms with Crippen LogP contribution in [0.15, 0.2) is 9.59 Å². The van der Waals surface area contributed by atoms with Gasteiger partial charge in [-0.25, -0.2) is 4.79 Å². The third-order valence-electron chi connectivity index (χ3n) is 1.57. The summed E-state index contributed by atoms with van der Waals surface area (Å²) in [5.41, 5.74) is 3.92. The minimum absolute atomic E-state index is 0.0825. The van der Waals surface area contributed by atoms with Crippen molar-refractivity contribution < 1.29 is 4.79 Å². The summed E-state index contributed by atoms with van der Waals surface area (Å²) in [7, 11) is 1.38. The third-order valence-corrected chi connectivity index (χ3v) is 1.57. The molecule has 0 bridgehead atoms. The largest absolute Gasteiger partial charge is 0.383 e. The molecule has 0 saturated carbocycles. The van der Waals surface area contributed by atoms with Gasteiger partial charge in [0, 0.05) is 7.05 Å². The highest BCUT2D eigenvalue weighted by molar-refractivity contribution is 5.76. The van der Waals surface area contributed by atoms with Crippen LogP contribution in [-0.2, 0) is 11.8 Å². The maximum Gasteiger partial charge on any atom is 0.329 e. The minimum atomic E-state index is -0.715. The van der Waals surface area contributed by atoms with Gasteiger partial charge >= 0.3 is 5.69 Å². The van der Waals surface area contributed by atoms with Crippen molar-refractivity contribution in [1.29, 1.82) is 0 Å². The zero-order chi connectivity index (χ0) is 10.0. The van der Waals surface area contributed by atoms with Crippen molar-refractivity contribution in [2.45, 2.75) is 0 Å². The predicted molar refractivity (Wildman–Crippen MR) is 46.4 cm³/mol. The van der Waals surface area contributed by atoms with Crippen LogP contribution in [0.5, 0.6) is 0 Å². The molecule has 0 aromatic carbocycles. The van der Waals surface area contributed by atoms with Crippen LogP contribution in [0.4, 0.5) is 11.5 Å². The van der Waals surface area contributed by atoms with E-state index in [0.29, 0.717) is 6.41 Å². The third kappa shape index (κ3) is 1.43. The van der Waals surface area contributed by atoms with Gasteiger partial charge < -0.3 is 11.1 Å². The molecular weight excluding hydrogens is 176 g/mol. The fraction of sp³-hybridized carbons (Fsp3) is 0.167. The maximum absolute atomic E-state index is 11.0. The number of nitrogens with one attached hydrogen (secondary N) is 2. The zero-order valence-corrected chi connectivity index (χ0v) is 6.83. The van der Waals surface area contributed by atoms with E-state index >= 15 is 0 Å². The summed E-state index contributed by atoms with van der Waals surface area (Å²) in [6.07, 6.45) is 0.311. The Kier molecular flexibility index (Phi) is 2.18. The minimum Gasteiger partial charge on any atom is -0.383 e. The van der Waals surface area contributed by atoms with Crippen molar-refractivity contribution in [1.82, 2.24) is 9.55 Å². The molecule has 0 atom stereocenters. The highest BCUT2D eigenvalue weighted by Crippen LogP contribution is 2.05. The number of amides is 1. The second kappa shape index (κ2) is 3.13. The first kappa shape index (κ1) is 9.04. The Morgan fingerprint density at radius 2 is 2.15 bits per heavy atom. The van der Waals surface area contributed by atoms with Gasteiger partial charge in [0.2, 0.25) is 6.41 Å². The van der Waals surface area contributed by atoms with Crippen molar-refractivity contribution in [3.63, 3.8) is 0 Å². The number of H-pyrrole nitrogens is 1. The van der Waals surface area contributed by atoms with Crippen molar-refractivity contribution in [2.24, 2.45) is 7.05 Å². The summed E-state index contributed by atoms with van der Waals surface area (Å²) in [4.78, 5) is 34.0. The number of aromatic amines is 1. The molecule has 0 unspecified atom stereocenters. The molecule has 1 rings (SSSR count). The van der Waals surface area contributed by atoms with Crippen LogP contribution in [-0.4, -0.2) is 16.0 Å². The van der Waals surface area contributed by atoms with Gasteiger partial charge in [-0.3, -0.25) is 19.1 Å². The lowest BCUT2D eigenvalue weighted by atomic mass is 10.4. The van der Waals surface area contributed by atoms with Crippen LogP contribution in [0.1, 0.15) is 0 Å². The smallest absolute Gasteiger partial charge is 0.329 e. The first-order valence-corrected chi connectivity index (χ1v) is 3.37. The summed E-state index contributed by atoms with van der Waals surface area (Å²) in [6, 6.07) is 0. The van der Waals surface area contributed by atoms with E-state index in [-0.39, 0.29) is 11.5 Å². The quantitative estimate of drug-likeness (QED) is 0.472. The van der Waals surface area contributed by atoms with Gasteiger partial charge in [0.25, 0.3) is 5.56 Å². The van der Waals surface area contributed by atoms with E-state index < -0.39 is 11.2 Å². The van der Waals surface area contributed by atoms with Crippen molar-refractivity contribution in [2.75, 3.05) is 11.1 Å². The van der Waals surface area contributed by atoms with Crippen LogP contribution in [0.25, 0.3) is 0 Å². The molecule has 0 aliphatic rings. The molecule has 1 amide bonds. The van der Waals surface area contributed by atoms with Crippen molar-refractivity contribution >= 4 is 17.9 Å². The van der Waals surface area contributed by atoms with E-state index in [1.54, 1.807) is 0 Å². The summed E-state index contributed by atoms with van der Waals surface area (Å²) in [6.45, 7) is 0. The molecule has 70 valence electrons. The first-order chi connectivity index (χ1) is 6.07. The topological polar surface area (TPSA) is 110 Å². The summed E-state index contributed by atoms with van der Waals surface area (Å²) >= 11 is 0. The first-order valence-electron chi connectivity index (χ1n) is 3.37. The number of aromatic nitrogens is 2. The van der Waals surface area contributed by atoms with Crippen LogP contribution in [0.2, 0.25) is 0 Å². The van der Waals surface area contributed by atoms with E-state index in [9.17, 15) is 14.4 Å². The fourth-order valence-electron chi connectivity index (χ4n) is 0.835. The highest BCUT2D eigenvalue weighted by Gasteiger charge is 2.07. The summed E-state index contributed by atoms with van der Waals surface area (Å²) in [5.74, 6) is -0.0825. The van der Waals surface area contributed by atoms with Gasteiger partial charge in [-0.2, -0.15) is 0 Å². The Morgan fingerprint density at radius 3 is 2.69 bits per heavy atom. The number of carbonyl (C=O) groups is 1. The number of carbonyl (C=O) groups excluding carboxylic acids is 1. The molecule has 4 N–H and O–H groups in total. The SMILES string of the molecule is Cn1c(N)c(NC=O)c(=O)[nH]c1=O. The Hall–Kier alpha value is -2.05. The molecule has 1 aromatic heterocycles. The molecule has 0 fully saturated rings. The van der Waals surface area contributed by atoms with Crippen LogP contribution in [0, 0.1) is 0 Å². The Morgan fingerprint density at radius 1 is 1.54 bits per heavy atom. The van der Waals surface area contributed by atoms with E-state index in [4.69, 9.17) is 5.73 Å². The van der Waals surface area contributed by atoms with E-state index in [0.717, 1.165) is 4.57 Å². The van der Waals surface area contributed by atoms with Gasteiger partial charge in [-0.15, -0.1) is 0 Å². The number of nitrogen functional groups attached to an aromatic ring is 1. The van der Waals surface area contributed by atoms with E-state index in [1.165, 1.54) is 7.05 Å². The molecule has 0 radical (unpaired) electrons. The lowest BCUT2D eigenvalue weighted by Gasteiger charge is -2.05. The average Bonchev–Trinajstić information content (AvgIpc) is 2.09. The fourth-order valence-corrected chi connectivity index (χ4v) is 0.835. The van der Waals surface area contributed by atoms with Crippen LogP contribution >= 0.6 is 0 Å². The summed E-state index contributed by atoms with van der Waals surface area (Å²) in [5, 5.41) is 2.10. The van der Waals surface area contributed by atoms with Crippen LogP contribution in [0.3, 0.4) is 0 Å². The Balaban J connectivity index is 3.53. The number of hydrogen-bond donors (Lipinski definition) is 3. The lowest BCUT2D eigenvalue weighted by Crippen LogP contribution is -2.32. The highest BCUT2D eigenvalue weighted by atomic mass is 16.2. The molecule has 13 heavy (non-hydrogen) atoms. The Bertz CT molecular complexity index is 444. The number of nitrogens with two attached hydrogens (primary N) is 1. The summed E-state index contributed by atoms with van der Waals surface area (Å²) < 4.78 is 1.02. The average molecular weight is 184 g/mol. The second-order valence-electron chi connectivity index (χ2n) is 2.34. The van der Waals surface area contributed by atoms with Gasteiger partial charge in [0.05, 0.1) is 0 Å². The normalized spacial score (nSPS) is 9.62. The Labute approximate surface area is 72.2 Å². The van der Waals surface area contributed by atoms with Crippen molar-refractivity contribution in [3.8, 4) is 0 Å². The number of hydrogen-bond acceptors (Lipinski definition) is 4. The molecule has 0 aliphatic carbocycles. The van der Waals surface area contributed by atoms with Crippen molar-refractivity contribution in [3.05, 3.63) is 20.8 Å². The van der Waals surface area contributed by atoms with E-state index in [2.05, 4.69) is 5.32 Å².